The van der Waals surface area contributed by atoms with E-state index >= 15 is 0 Å². The van der Waals surface area contributed by atoms with Crippen LogP contribution in [-0.2, 0) is 19.0 Å². The highest BCUT2D eigenvalue weighted by Crippen LogP contribution is 2.30. The lowest BCUT2D eigenvalue weighted by Crippen LogP contribution is -2.53. The standard InChI is InChI=1S/C14H25NO4/c1-13(2,3)19-12(16)8-11-9-17-10-14(18-11)4-6-15-7-5-14/h11,15H,4-10H2,1-3H3. The molecule has 0 aromatic carbocycles. The summed E-state index contributed by atoms with van der Waals surface area (Å²) < 4.78 is 17.1. The molecule has 0 radical (unpaired) electrons. The van der Waals surface area contributed by atoms with E-state index in [4.69, 9.17) is 14.2 Å². The van der Waals surface area contributed by atoms with Crippen LogP contribution in [0.25, 0.3) is 0 Å². The molecule has 19 heavy (non-hydrogen) atoms. The minimum absolute atomic E-state index is 0.179. The van der Waals surface area contributed by atoms with Crippen molar-refractivity contribution in [2.75, 3.05) is 26.3 Å². The Morgan fingerprint density at radius 3 is 2.68 bits per heavy atom. The molecule has 5 heteroatoms. The molecule has 0 aromatic heterocycles. The molecule has 2 aliphatic heterocycles. The summed E-state index contributed by atoms with van der Waals surface area (Å²) in [6.07, 6.45) is 1.98. The van der Waals surface area contributed by atoms with Crippen LogP contribution in [0.4, 0.5) is 0 Å². The largest absolute Gasteiger partial charge is 0.460 e. The summed E-state index contributed by atoms with van der Waals surface area (Å²) >= 11 is 0. The molecule has 1 spiro atoms. The second-order valence-electron chi connectivity index (χ2n) is 6.48. The summed E-state index contributed by atoms with van der Waals surface area (Å²) in [6.45, 7) is 8.63. The number of carbonyl (C=O) groups is 1. The van der Waals surface area contributed by atoms with E-state index in [2.05, 4.69) is 5.32 Å². The minimum Gasteiger partial charge on any atom is -0.460 e. The second kappa shape index (κ2) is 5.77. The first-order valence-electron chi connectivity index (χ1n) is 7.07. The Morgan fingerprint density at radius 1 is 1.37 bits per heavy atom. The predicted molar refractivity (Wildman–Crippen MR) is 71.0 cm³/mol. The summed E-state index contributed by atoms with van der Waals surface area (Å²) in [5, 5.41) is 3.32. The van der Waals surface area contributed by atoms with Crippen LogP contribution in [0.15, 0.2) is 0 Å². The van der Waals surface area contributed by atoms with Crippen LogP contribution in [0.5, 0.6) is 0 Å². The Hall–Kier alpha value is -0.650. The van der Waals surface area contributed by atoms with E-state index < -0.39 is 5.60 Å². The van der Waals surface area contributed by atoms with Crippen molar-refractivity contribution in [3.8, 4) is 0 Å². The minimum atomic E-state index is -0.445. The van der Waals surface area contributed by atoms with Crippen molar-refractivity contribution in [2.45, 2.75) is 57.3 Å². The molecule has 2 saturated heterocycles. The van der Waals surface area contributed by atoms with Crippen molar-refractivity contribution in [1.82, 2.24) is 5.32 Å². The molecule has 0 amide bonds. The van der Waals surface area contributed by atoms with Crippen LogP contribution < -0.4 is 5.32 Å². The summed E-state index contributed by atoms with van der Waals surface area (Å²) in [4.78, 5) is 11.8. The summed E-state index contributed by atoms with van der Waals surface area (Å²) in [5.74, 6) is -0.216. The number of piperidine rings is 1. The van der Waals surface area contributed by atoms with Gasteiger partial charge in [0.15, 0.2) is 0 Å². The molecule has 2 aliphatic rings. The van der Waals surface area contributed by atoms with Gasteiger partial charge in [0.1, 0.15) is 5.60 Å². The fraction of sp³-hybridized carbons (Fsp3) is 0.929. The van der Waals surface area contributed by atoms with Gasteiger partial charge < -0.3 is 19.5 Å². The molecule has 110 valence electrons. The third-order valence-electron chi connectivity index (χ3n) is 3.41. The Balaban J connectivity index is 1.85. The zero-order chi connectivity index (χ0) is 13.9. The highest BCUT2D eigenvalue weighted by atomic mass is 16.6. The number of esters is 1. The van der Waals surface area contributed by atoms with Gasteiger partial charge in [-0.25, -0.2) is 0 Å². The van der Waals surface area contributed by atoms with Gasteiger partial charge in [-0.2, -0.15) is 0 Å². The average molecular weight is 271 g/mol. The fourth-order valence-corrected chi connectivity index (χ4v) is 2.61. The van der Waals surface area contributed by atoms with Crippen LogP contribution in [0.3, 0.4) is 0 Å². The van der Waals surface area contributed by atoms with E-state index in [1.807, 2.05) is 20.8 Å². The lowest BCUT2D eigenvalue weighted by molar-refractivity contribution is -0.213. The van der Waals surface area contributed by atoms with Crippen LogP contribution >= 0.6 is 0 Å². The van der Waals surface area contributed by atoms with Gasteiger partial charge in [0.05, 0.1) is 31.3 Å². The number of rotatable bonds is 2. The number of nitrogens with one attached hydrogen (secondary N) is 1. The van der Waals surface area contributed by atoms with Gasteiger partial charge >= 0.3 is 5.97 Å². The first-order chi connectivity index (χ1) is 8.89. The van der Waals surface area contributed by atoms with Gasteiger partial charge in [0, 0.05) is 0 Å². The molecule has 1 unspecified atom stereocenters. The summed E-state index contributed by atoms with van der Waals surface area (Å²) in [5.41, 5.74) is -0.644. The van der Waals surface area contributed by atoms with Crippen molar-refractivity contribution in [2.24, 2.45) is 0 Å². The van der Waals surface area contributed by atoms with Crippen LogP contribution in [0.1, 0.15) is 40.0 Å². The first kappa shape index (κ1) is 14.8. The maximum Gasteiger partial charge on any atom is 0.309 e. The Labute approximate surface area is 115 Å². The molecule has 1 N–H and O–H groups in total. The van der Waals surface area contributed by atoms with Crippen LogP contribution in [0.2, 0.25) is 0 Å². The number of hydrogen-bond acceptors (Lipinski definition) is 5. The van der Waals surface area contributed by atoms with E-state index in [1.165, 1.54) is 0 Å². The molecule has 2 rings (SSSR count). The fourth-order valence-electron chi connectivity index (χ4n) is 2.61. The van der Waals surface area contributed by atoms with E-state index in [9.17, 15) is 4.79 Å². The highest BCUT2D eigenvalue weighted by molar-refractivity contribution is 5.70. The highest BCUT2D eigenvalue weighted by Gasteiger charge is 2.40. The maximum atomic E-state index is 11.8. The van der Waals surface area contributed by atoms with Crippen molar-refractivity contribution >= 4 is 5.97 Å². The van der Waals surface area contributed by atoms with Crippen LogP contribution in [0, 0.1) is 0 Å². The number of carbonyl (C=O) groups excluding carboxylic acids is 1. The van der Waals surface area contributed by atoms with Gasteiger partial charge in [0.2, 0.25) is 0 Å². The Kier molecular flexibility index (Phi) is 4.48. The molecule has 2 fully saturated rings. The summed E-state index contributed by atoms with van der Waals surface area (Å²) in [7, 11) is 0. The Bertz CT molecular complexity index is 312. The molecule has 0 aliphatic carbocycles. The zero-order valence-electron chi connectivity index (χ0n) is 12.2. The Morgan fingerprint density at radius 2 is 2.05 bits per heavy atom. The molecule has 2 heterocycles. The SMILES string of the molecule is CC(C)(C)OC(=O)CC1COCC2(CCNCC2)O1. The number of ether oxygens (including phenoxy) is 3. The smallest absolute Gasteiger partial charge is 0.309 e. The normalized spacial score (nSPS) is 27.2. The average Bonchev–Trinajstić information content (AvgIpc) is 2.27. The molecule has 0 saturated carbocycles. The maximum absolute atomic E-state index is 11.8. The first-order valence-corrected chi connectivity index (χ1v) is 7.07. The molecular formula is C14H25NO4. The quantitative estimate of drug-likeness (QED) is 0.766. The number of hydrogen-bond donors (Lipinski definition) is 1. The molecule has 1 atom stereocenters. The van der Waals surface area contributed by atoms with E-state index in [0.717, 1.165) is 25.9 Å². The zero-order valence-corrected chi connectivity index (χ0v) is 12.2. The third kappa shape index (κ3) is 4.44. The van der Waals surface area contributed by atoms with E-state index in [0.29, 0.717) is 13.2 Å². The van der Waals surface area contributed by atoms with Gasteiger partial charge in [-0.1, -0.05) is 0 Å². The third-order valence-corrected chi connectivity index (χ3v) is 3.41. The van der Waals surface area contributed by atoms with Crippen molar-refractivity contribution < 1.29 is 19.0 Å². The lowest BCUT2D eigenvalue weighted by Gasteiger charge is -2.43. The monoisotopic (exact) mass is 271 g/mol. The molecule has 0 bridgehead atoms. The molecule has 5 nitrogen and oxygen atoms in total. The van der Waals surface area contributed by atoms with Gasteiger partial charge in [-0.15, -0.1) is 0 Å². The van der Waals surface area contributed by atoms with Crippen LogP contribution in [-0.4, -0.2) is 49.6 Å². The topological polar surface area (TPSA) is 56.8 Å². The van der Waals surface area contributed by atoms with E-state index in [-0.39, 0.29) is 24.1 Å². The lowest BCUT2D eigenvalue weighted by atomic mass is 9.91. The van der Waals surface area contributed by atoms with Gasteiger partial charge in [0.25, 0.3) is 0 Å². The molecule has 0 aromatic rings. The second-order valence-corrected chi connectivity index (χ2v) is 6.48. The van der Waals surface area contributed by atoms with Crippen molar-refractivity contribution in [3.05, 3.63) is 0 Å². The van der Waals surface area contributed by atoms with Crippen molar-refractivity contribution in [1.29, 1.82) is 0 Å². The van der Waals surface area contributed by atoms with Gasteiger partial charge in [-0.3, -0.25) is 4.79 Å². The van der Waals surface area contributed by atoms with E-state index in [1.54, 1.807) is 0 Å². The van der Waals surface area contributed by atoms with Gasteiger partial charge in [-0.05, 0) is 46.7 Å². The predicted octanol–water partition coefficient (Wildman–Crippen LogP) is 1.26. The summed E-state index contributed by atoms with van der Waals surface area (Å²) in [6, 6.07) is 0. The molecular weight excluding hydrogens is 246 g/mol. The van der Waals surface area contributed by atoms with Crippen molar-refractivity contribution in [3.63, 3.8) is 0 Å².